The molecule has 0 aromatic carbocycles. The zero-order valence-electron chi connectivity index (χ0n) is 13.3. The normalized spacial score (nSPS) is 15.5. The van der Waals surface area contributed by atoms with Crippen LogP contribution in [0, 0.1) is 24.0 Å². The van der Waals surface area contributed by atoms with Crippen molar-refractivity contribution in [3.8, 4) is 0 Å². The summed E-state index contributed by atoms with van der Waals surface area (Å²) in [5.74, 6) is 1.32. The fraction of sp³-hybridized carbons (Fsp3) is 0.500. The largest absolute Gasteiger partial charge is 3.00 e. The minimum atomic E-state index is -6.00. The number of rotatable bonds is 2. The molecule has 0 amide bonds. The number of allylic oxidation sites excluding steroid dienone is 8. The molecule has 0 aromatic heterocycles. The van der Waals surface area contributed by atoms with E-state index in [1.54, 1.807) is 0 Å². The minimum absolute atomic E-state index is 0. The van der Waals surface area contributed by atoms with Crippen molar-refractivity contribution in [1.29, 1.82) is 0 Å². The SMILES string of the molecule is CC(C)C1=[C-]CC=C1.CC(C)C1=[C-]CC=C1.F[B-](F)(F)F.[Fe+3]. The van der Waals surface area contributed by atoms with E-state index >= 15 is 0 Å². The summed E-state index contributed by atoms with van der Waals surface area (Å²) in [5.41, 5.74) is 2.73. The average molecular weight is 357 g/mol. The molecule has 0 nitrogen and oxygen atoms in total. The third-order valence-corrected chi connectivity index (χ3v) is 2.69. The Morgan fingerprint density at radius 2 is 1.09 bits per heavy atom. The van der Waals surface area contributed by atoms with Crippen LogP contribution >= 0.6 is 0 Å². The van der Waals surface area contributed by atoms with Crippen molar-refractivity contribution in [2.45, 2.75) is 40.5 Å². The van der Waals surface area contributed by atoms with E-state index in [0.29, 0.717) is 11.8 Å². The van der Waals surface area contributed by atoms with E-state index in [0.717, 1.165) is 12.8 Å². The molecule has 2 rings (SSSR count). The fourth-order valence-electron chi connectivity index (χ4n) is 1.64. The predicted octanol–water partition coefficient (Wildman–Crippen LogP) is 5.96. The molecule has 2 aliphatic rings. The first-order chi connectivity index (χ1) is 9.61. The molecular weight excluding hydrogens is 335 g/mol. The third-order valence-electron chi connectivity index (χ3n) is 2.69. The van der Waals surface area contributed by atoms with Crippen LogP contribution in [0.25, 0.3) is 0 Å². The van der Waals surface area contributed by atoms with Crippen LogP contribution in [0.3, 0.4) is 0 Å². The van der Waals surface area contributed by atoms with Gasteiger partial charge in [-0.05, 0) is 0 Å². The van der Waals surface area contributed by atoms with Gasteiger partial charge in [0.05, 0.1) is 0 Å². The van der Waals surface area contributed by atoms with Crippen molar-refractivity contribution < 1.29 is 34.3 Å². The Balaban J connectivity index is 0. The van der Waals surface area contributed by atoms with Crippen molar-refractivity contribution in [2.75, 3.05) is 0 Å². The Kier molecular flexibility index (Phi) is 12.6. The van der Waals surface area contributed by atoms with Crippen LogP contribution in [0.15, 0.2) is 35.5 Å². The molecule has 2 aliphatic carbocycles. The van der Waals surface area contributed by atoms with Gasteiger partial charge in [0, 0.05) is 0 Å². The molecule has 0 saturated carbocycles. The molecule has 1 radical (unpaired) electrons. The van der Waals surface area contributed by atoms with Crippen LogP contribution in [0.5, 0.6) is 0 Å². The van der Waals surface area contributed by atoms with Crippen molar-refractivity contribution in [3.05, 3.63) is 47.6 Å². The van der Waals surface area contributed by atoms with Crippen molar-refractivity contribution in [1.82, 2.24) is 0 Å². The number of hydrogen-bond acceptors (Lipinski definition) is 0. The van der Waals surface area contributed by atoms with Crippen LogP contribution in [0.1, 0.15) is 40.5 Å². The molecule has 0 spiro atoms. The van der Waals surface area contributed by atoms with Gasteiger partial charge in [0.1, 0.15) is 0 Å². The quantitative estimate of drug-likeness (QED) is 0.325. The molecular formula is C16H22BF4Fe. The molecule has 0 aliphatic heterocycles. The van der Waals surface area contributed by atoms with Gasteiger partial charge in [0.2, 0.25) is 0 Å². The molecule has 0 bridgehead atoms. The van der Waals surface area contributed by atoms with Gasteiger partial charge in [0.15, 0.2) is 0 Å². The van der Waals surface area contributed by atoms with Gasteiger partial charge in [-0.1, -0.05) is 39.5 Å². The maximum absolute atomic E-state index is 9.75. The van der Waals surface area contributed by atoms with Gasteiger partial charge < -0.3 is 17.3 Å². The van der Waals surface area contributed by atoms with Gasteiger partial charge in [-0.15, -0.1) is 12.8 Å². The summed E-state index contributed by atoms with van der Waals surface area (Å²) >= 11 is 0. The molecule has 125 valence electrons. The first kappa shape index (κ1) is 23.5. The Bertz CT molecular complexity index is 378. The average Bonchev–Trinajstić information content (AvgIpc) is 3.02. The third kappa shape index (κ3) is 14.2. The van der Waals surface area contributed by atoms with Gasteiger partial charge in [0.25, 0.3) is 0 Å². The second kappa shape index (κ2) is 11.8. The topological polar surface area (TPSA) is 0 Å². The van der Waals surface area contributed by atoms with E-state index < -0.39 is 7.25 Å². The van der Waals surface area contributed by atoms with Crippen molar-refractivity contribution in [2.24, 2.45) is 11.8 Å². The van der Waals surface area contributed by atoms with E-state index in [1.807, 2.05) is 0 Å². The van der Waals surface area contributed by atoms with Crippen LogP contribution in [-0.2, 0) is 17.1 Å². The van der Waals surface area contributed by atoms with Crippen LogP contribution in [-0.4, -0.2) is 7.25 Å². The summed E-state index contributed by atoms with van der Waals surface area (Å²) in [6, 6.07) is 0. The zero-order chi connectivity index (χ0) is 16.5. The van der Waals surface area contributed by atoms with E-state index in [-0.39, 0.29) is 17.1 Å². The second-order valence-electron chi connectivity index (χ2n) is 5.28. The standard InChI is InChI=1S/2C8H11.BF4.Fe/c2*1-7(2)8-5-3-4-6-8;2-1(3,4)5;/h2*3,5,7H,4H2,1-2H3;;/q3*-1;+3. The Morgan fingerprint density at radius 3 is 1.18 bits per heavy atom. The Hall–Kier alpha value is -0.736. The van der Waals surface area contributed by atoms with Crippen LogP contribution < -0.4 is 0 Å². The zero-order valence-corrected chi connectivity index (χ0v) is 14.4. The van der Waals surface area contributed by atoms with Gasteiger partial charge in [-0.2, -0.15) is 12.2 Å². The molecule has 0 N–H and O–H groups in total. The van der Waals surface area contributed by atoms with E-state index in [9.17, 15) is 17.3 Å². The van der Waals surface area contributed by atoms with Gasteiger partial charge >= 0.3 is 24.3 Å². The van der Waals surface area contributed by atoms with Crippen molar-refractivity contribution in [3.63, 3.8) is 0 Å². The van der Waals surface area contributed by atoms with Crippen LogP contribution in [0.4, 0.5) is 17.3 Å². The van der Waals surface area contributed by atoms with E-state index in [2.05, 4.69) is 64.2 Å². The molecule has 6 heteroatoms. The summed E-state index contributed by atoms with van der Waals surface area (Å²) in [5, 5.41) is 0. The number of halogens is 4. The Morgan fingerprint density at radius 1 is 0.818 bits per heavy atom. The summed E-state index contributed by atoms with van der Waals surface area (Å²) in [6.07, 6.45) is 17.2. The summed E-state index contributed by atoms with van der Waals surface area (Å²) in [6.45, 7) is 8.77. The molecule has 0 fully saturated rings. The molecule has 0 aromatic rings. The second-order valence-corrected chi connectivity index (χ2v) is 5.28. The van der Waals surface area contributed by atoms with Gasteiger partial charge in [-0.25, -0.2) is 23.3 Å². The predicted molar refractivity (Wildman–Crippen MR) is 80.9 cm³/mol. The molecule has 22 heavy (non-hydrogen) atoms. The van der Waals surface area contributed by atoms with E-state index in [1.165, 1.54) is 11.1 Å². The minimum Gasteiger partial charge on any atom is -0.418 e. The molecule has 0 unspecified atom stereocenters. The Labute approximate surface area is 142 Å². The monoisotopic (exact) mass is 357 g/mol. The molecule has 0 atom stereocenters. The van der Waals surface area contributed by atoms with E-state index in [4.69, 9.17) is 0 Å². The summed E-state index contributed by atoms with van der Waals surface area (Å²) < 4.78 is 39.0. The smallest absolute Gasteiger partial charge is 0.418 e. The first-order valence-electron chi connectivity index (χ1n) is 7.03. The summed E-state index contributed by atoms with van der Waals surface area (Å²) in [7, 11) is -6.00. The van der Waals surface area contributed by atoms with Crippen molar-refractivity contribution >= 4 is 7.25 Å². The maximum atomic E-state index is 9.75. The van der Waals surface area contributed by atoms with Crippen LogP contribution in [0.2, 0.25) is 0 Å². The first-order valence-corrected chi connectivity index (χ1v) is 7.03. The number of hydrogen-bond donors (Lipinski definition) is 0. The molecule has 0 heterocycles. The molecule has 0 saturated heterocycles. The fourth-order valence-corrected chi connectivity index (χ4v) is 1.64. The summed E-state index contributed by atoms with van der Waals surface area (Å²) in [4.78, 5) is 0. The maximum Gasteiger partial charge on any atom is 3.00 e. The van der Waals surface area contributed by atoms with Gasteiger partial charge in [-0.3, -0.25) is 12.2 Å².